The molecule has 92 valence electrons. The molecule has 0 unspecified atom stereocenters. The van der Waals surface area contributed by atoms with Gasteiger partial charge in [-0.25, -0.2) is 0 Å². The van der Waals surface area contributed by atoms with E-state index in [2.05, 4.69) is 46.5 Å². The maximum Gasteiger partial charge on any atom is 0.0864 e. The third kappa shape index (κ3) is 1.42. The third-order valence-corrected chi connectivity index (χ3v) is 4.61. The van der Waals surface area contributed by atoms with Gasteiger partial charge in [0.25, 0.3) is 0 Å². The van der Waals surface area contributed by atoms with Crippen LogP contribution < -0.4 is 5.32 Å². The summed E-state index contributed by atoms with van der Waals surface area (Å²) in [6.45, 7) is 15.1. The first-order valence-electron chi connectivity index (χ1n) is 6.43. The fraction of sp³-hybridized carbons (Fsp3) is 0.857. The van der Waals surface area contributed by atoms with Crippen LogP contribution in [0.15, 0.2) is 12.3 Å². The van der Waals surface area contributed by atoms with Crippen molar-refractivity contribution < 1.29 is 4.74 Å². The summed E-state index contributed by atoms with van der Waals surface area (Å²) < 4.78 is 6.24. The Labute approximate surface area is 99.4 Å². The molecule has 2 bridgehead atoms. The van der Waals surface area contributed by atoms with Gasteiger partial charge in [0, 0.05) is 18.5 Å². The second-order valence-corrected chi connectivity index (χ2v) is 6.39. The van der Waals surface area contributed by atoms with E-state index in [9.17, 15) is 0 Å². The summed E-state index contributed by atoms with van der Waals surface area (Å²) in [4.78, 5) is 0. The van der Waals surface area contributed by atoms with E-state index in [0.717, 1.165) is 25.0 Å². The first kappa shape index (κ1) is 12.0. The van der Waals surface area contributed by atoms with Crippen LogP contribution in [0.25, 0.3) is 0 Å². The number of allylic oxidation sites excluding steroid dienone is 1. The quantitative estimate of drug-likeness (QED) is 0.790. The molecule has 0 radical (unpaired) electrons. The Bertz CT molecular complexity index is 311. The maximum absolute atomic E-state index is 6.24. The molecular formula is C14H25NO. The van der Waals surface area contributed by atoms with Crippen molar-refractivity contribution in [1.29, 1.82) is 0 Å². The average Bonchev–Trinajstić information content (AvgIpc) is 2.45. The number of rotatable bonds is 4. The molecule has 0 aromatic carbocycles. The SMILES string of the molecule is C=C(NC12CC(CC)(C1)OC2(C)C)C(C)C. The zero-order valence-corrected chi connectivity index (χ0v) is 11.3. The van der Waals surface area contributed by atoms with Crippen LogP contribution in [-0.4, -0.2) is 16.7 Å². The van der Waals surface area contributed by atoms with Crippen molar-refractivity contribution in [1.82, 2.24) is 5.32 Å². The number of nitrogens with one attached hydrogen (secondary N) is 1. The summed E-state index contributed by atoms with van der Waals surface area (Å²) >= 11 is 0. The van der Waals surface area contributed by atoms with Crippen molar-refractivity contribution in [2.75, 3.05) is 0 Å². The molecule has 2 nitrogen and oxygen atoms in total. The Balaban J connectivity index is 2.14. The molecule has 0 amide bonds. The van der Waals surface area contributed by atoms with Crippen molar-refractivity contribution in [2.45, 2.75) is 70.6 Å². The zero-order valence-electron chi connectivity index (χ0n) is 11.3. The Hall–Kier alpha value is -0.500. The molecule has 1 aliphatic carbocycles. The second-order valence-electron chi connectivity index (χ2n) is 6.39. The van der Waals surface area contributed by atoms with Crippen LogP contribution in [0.1, 0.15) is 53.9 Å². The summed E-state index contributed by atoms with van der Waals surface area (Å²) in [5, 5.41) is 3.65. The summed E-state index contributed by atoms with van der Waals surface area (Å²) in [6, 6.07) is 0. The predicted octanol–water partition coefficient (Wildman–Crippen LogP) is 3.24. The highest BCUT2D eigenvalue weighted by Gasteiger charge is 2.70. The molecule has 3 fully saturated rings. The average molecular weight is 223 g/mol. The molecule has 2 heterocycles. The molecule has 3 aliphatic rings. The van der Waals surface area contributed by atoms with Crippen LogP contribution in [-0.2, 0) is 4.74 Å². The van der Waals surface area contributed by atoms with Crippen LogP contribution >= 0.6 is 0 Å². The van der Waals surface area contributed by atoms with Crippen LogP contribution in [0.5, 0.6) is 0 Å². The molecule has 0 spiro atoms. The van der Waals surface area contributed by atoms with Gasteiger partial charge in [0.15, 0.2) is 0 Å². The van der Waals surface area contributed by atoms with Crippen molar-refractivity contribution >= 4 is 0 Å². The first-order chi connectivity index (χ1) is 7.26. The van der Waals surface area contributed by atoms with Crippen molar-refractivity contribution in [3.05, 3.63) is 12.3 Å². The number of ether oxygens (including phenoxy) is 1. The summed E-state index contributed by atoms with van der Waals surface area (Å²) in [6.07, 6.45) is 3.39. The van der Waals surface area contributed by atoms with E-state index in [1.807, 2.05) is 0 Å². The molecule has 0 aromatic heterocycles. The highest BCUT2D eigenvalue weighted by Crippen LogP contribution is 2.62. The van der Waals surface area contributed by atoms with E-state index >= 15 is 0 Å². The monoisotopic (exact) mass is 223 g/mol. The molecule has 16 heavy (non-hydrogen) atoms. The minimum Gasteiger partial charge on any atom is -0.380 e. The summed E-state index contributed by atoms with van der Waals surface area (Å²) in [5.74, 6) is 0.488. The lowest BCUT2D eigenvalue weighted by molar-refractivity contribution is -0.0573. The Morgan fingerprint density at radius 2 is 1.94 bits per heavy atom. The zero-order chi connectivity index (χ0) is 12.2. The molecule has 3 rings (SSSR count). The van der Waals surface area contributed by atoms with E-state index < -0.39 is 0 Å². The summed E-state index contributed by atoms with van der Waals surface area (Å²) in [7, 11) is 0. The lowest BCUT2D eigenvalue weighted by Crippen LogP contribution is -2.62. The molecule has 2 saturated heterocycles. The number of hydrogen-bond acceptors (Lipinski definition) is 2. The fourth-order valence-corrected chi connectivity index (χ4v) is 3.20. The van der Waals surface area contributed by atoms with Gasteiger partial charge >= 0.3 is 0 Å². The lowest BCUT2D eigenvalue weighted by atomic mass is 9.61. The minimum atomic E-state index is -0.0686. The van der Waals surface area contributed by atoms with Crippen molar-refractivity contribution in [3.63, 3.8) is 0 Å². The highest BCUT2D eigenvalue weighted by molar-refractivity contribution is 5.27. The van der Waals surface area contributed by atoms with Gasteiger partial charge in [0.2, 0.25) is 0 Å². The van der Waals surface area contributed by atoms with Crippen LogP contribution in [0.4, 0.5) is 0 Å². The first-order valence-corrected chi connectivity index (χ1v) is 6.43. The minimum absolute atomic E-state index is 0.0686. The molecule has 0 atom stereocenters. The summed E-state index contributed by atoms with van der Waals surface area (Å²) in [5.41, 5.74) is 1.35. The van der Waals surface area contributed by atoms with E-state index in [1.54, 1.807) is 0 Å². The molecule has 2 heteroatoms. The molecule has 1 N–H and O–H groups in total. The van der Waals surface area contributed by atoms with Crippen LogP contribution in [0.2, 0.25) is 0 Å². The second kappa shape index (κ2) is 3.25. The van der Waals surface area contributed by atoms with E-state index in [0.29, 0.717) is 5.92 Å². The molecule has 1 saturated carbocycles. The normalized spacial score (nSPS) is 39.6. The number of fused-ring (bicyclic) bond motifs is 1. The van der Waals surface area contributed by atoms with E-state index in [-0.39, 0.29) is 16.7 Å². The lowest BCUT2D eigenvalue weighted by Gasteiger charge is -2.48. The predicted molar refractivity (Wildman–Crippen MR) is 67.3 cm³/mol. The Morgan fingerprint density at radius 1 is 1.38 bits per heavy atom. The van der Waals surface area contributed by atoms with Gasteiger partial charge in [-0.3, -0.25) is 0 Å². The smallest absolute Gasteiger partial charge is 0.0864 e. The molecule has 0 aromatic rings. The standard InChI is InChI=1S/C14H25NO/c1-7-13-8-14(9-13,12(5,6)16-13)15-11(4)10(2)3/h10,15H,4,7-9H2,1-3,5-6H3. The Morgan fingerprint density at radius 3 is 2.31 bits per heavy atom. The van der Waals surface area contributed by atoms with Gasteiger partial charge in [-0.15, -0.1) is 0 Å². The van der Waals surface area contributed by atoms with Gasteiger partial charge < -0.3 is 10.1 Å². The highest BCUT2D eigenvalue weighted by atomic mass is 16.5. The van der Waals surface area contributed by atoms with Crippen molar-refractivity contribution in [3.8, 4) is 0 Å². The van der Waals surface area contributed by atoms with Crippen LogP contribution in [0, 0.1) is 5.92 Å². The topological polar surface area (TPSA) is 21.3 Å². The molecular weight excluding hydrogens is 198 g/mol. The van der Waals surface area contributed by atoms with Gasteiger partial charge in [-0.05, 0) is 26.2 Å². The van der Waals surface area contributed by atoms with Gasteiger partial charge in [-0.1, -0.05) is 27.4 Å². The fourth-order valence-electron chi connectivity index (χ4n) is 3.20. The molecule has 2 aliphatic heterocycles. The van der Waals surface area contributed by atoms with Crippen molar-refractivity contribution in [2.24, 2.45) is 5.92 Å². The largest absolute Gasteiger partial charge is 0.380 e. The third-order valence-electron chi connectivity index (χ3n) is 4.61. The Kier molecular flexibility index (Phi) is 2.43. The maximum atomic E-state index is 6.24. The van der Waals surface area contributed by atoms with E-state index in [1.165, 1.54) is 0 Å². The van der Waals surface area contributed by atoms with E-state index in [4.69, 9.17) is 4.74 Å². The van der Waals surface area contributed by atoms with Gasteiger partial charge in [0.1, 0.15) is 0 Å². The number of hydrogen-bond donors (Lipinski definition) is 1. The van der Waals surface area contributed by atoms with Gasteiger partial charge in [-0.2, -0.15) is 0 Å². The van der Waals surface area contributed by atoms with Gasteiger partial charge in [0.05, 0.1) is 16.7 Å². The van der Waals surface area contributed by atoms with Crippen LogP contribution in [0.3, 0.4) is 0 Å².